The van der Waals surface area contributed by atoms with Crippen molar-refractivity contribution in [3.63, 3.8) is 0 Å². The molecule has 0 amide bonds. The van der Waals surface area contributed by atoms with Crippen molar-refractivity contribution in [1.29, 1.82) is 0 Å². The van der Waals surface area contributed by atoms with Crippen LogP contribution in [0.1, 0.15) is 30.9 Å². The van der Waals surface area contributed by atoms with E-state index in [1.807, 2.05) is 27.7 Å². The molecule has 4 aromatic rings. The molecule has 3 heterocycles. The maximum Gasteiger partial charge on any atom is 0.222 e. The lowest BCUT2D eigenvalue weighted by Crippen LogP contribution is -2.07. The van der Waals surface area contributed by atoms with Crippen molar-refractivity contribution in [3.8, 4) is 5.75 Å². The lowest BCUT2D eigenvalue weighted by Gasteiger charge is -2.11. The molecule has 4 rings (SSSR count). The van der Waals surface area contributed by atoms with E-state index in [1.165, 1.54) is 0 Å². The van der Waals surface area contributed by atoms with Crippen molar-refractivity contribution in [1.82, 2.24) is 29.3 Å². The second-order valence-electron chi connectivity index (χ2n) is 7.15. The molecule has 3 N–H and O–H groups in total. The van der Waals surface area contributed by atoms with Crippen molar-refractivity contribution in [2.45, 2.75) is 32.9 Å². The largest absolute Gasteiger partial charge is 0.496 e. The van der Waals surface area contributed by atoms with Crippen molar-refractivity contribution in [2.75, 3.05) is 24.7 Å². The van der Waals surface area contributed by atoms with Crippen LogP contribution in [0.2, 0.25) is 0 Å². The van der Waals surface area contributed by atoms with Gasteiger partial charge in [-0.25, -0.2) is 9.97 Å². The van der Waals surface area contributed by atoms with Gasteiger partial charge >= 0.3 is 0 Å². The fraction of sp³-hybridized carbons (Fsp3) is 0.333. The average molecular weight is 406 g/mol. The summed E-state index contributed by atoms with van der Waals surface area (Å²) in [5, 5.41) is 8.01. The van der Waals surface area contributed by atoms with Crippen molar-refractivity contribution in [2.24, 2.45) is 0 Å². The average Bonchev–Trinajstić information content (AvgIpc) is 3.38. The monoisotopic (exact) mass is 406 g/mol. The summed E-state index contributed by atoms with van der Waals surface area (Å²) in [5.74, 6) is 1.73. The number of unbranched alkanes of at least 4 members (excludes halogenated alkanes) is 1. The van der Waals surface area contributed by atoms with Crippen LogP contribution < -0.4 is 15.8 Å². The Morgan fingerprint density at radius 1 is 1.20 bits per heavy atom. The van der Waals surface area contributed by atoms with Gasteiger partial charge in [0, 0.05) is 31.0 Å². The molecule has 0 saturated carbocycles. The predicted octanol–water partition coefficient (Wildman–Crippen LogP) is 2.92. The number of nitrogen functional groups attached to an aromatic ring is 1. The Morgan fingerprint density at radius 3 is 2.87 bits per heavy atom. The van der Waals surface area contributed by atoms with Gasteiger partial charge < -0.3 is 20.4 Å². The van der Waals surface area contributed by atoms with Gasteiger partial charge in [0.2, 0.25) is 5.95 Å². The summed E-state index contributed by atoms with van der Waals surface area (Å²) in [6, 6.07) is 6.21. The Labute approximate surface area is 174 Å². The van der Waals surface area contributed by atoms with Gasteiger partial charge in [-0.05, 0) is 18.1 Å². The minimum absolute atomic E-state index is 0.238. The summed E-state index contributed by atoms with van der Waals surface area (Å²) in [5.41, 5.74) is 9.49. The molecule has 0 saturated heterocycles. The van der Waals surface area contributed by atoms with E-state index in [0.717, 1.165) is 53.8 Å². The number of rotatable bonds is 9. The third-order valence-corrected chi connectivity index (χ3v) is 4.86. The number of nitrogens with zero attached hydrogens (tertiary/aromatic N) is 6. The number of ether oxygens (including phenoxy) is 1. The fourth-order valence-corrected chi connectivity index (χ4v) is 3.35. The van der Waals surface area contributed by atoms with Gasteiger partial charge in [-0.3, -0.25) is 4.68 Å². The van der Waals surface area contributed by atoms with Crippen LogP contribution in [0.5, 0.6) is 5.75 Å². The Kier molecular flexibility index (Phi) is 5.78. The molecule has 0 spiro atoms. The third kappa shape index (κ3) is 4.35. The molecule has 0 atom stereocenters. The summed E-state index contributed by atoms with van der Waals surface area (Å²) in [4.78, 5) is 12.7. The quantitative estimate of drug-likeness (QED) is 0.411. The van der Waals surface area contributed by atoms with Gasteiger partial charge in [-0.1, -0.05) is 25.5 Å². The number of fused-ring (bicyclic) bond motifs is 1. The van der Waals surface area contributed by atoms with Crippen LogP contribution in [0.25, 0.3) is 11.0 Å². The number of nitrogens with one attached hydrogen (secondary N) is 1. The number of aromatic nitrogens is 6. The van der Waals surface area contributed by atoms with Gasteiger partial charge in [0.15, 0.2) is 11.3 Å². The topological polar surface area (TPSA) is 109 Å². The zero-order chi connectivity index (χ0) is 20.9. The van der Waals surface area contributed by atoms with E-state index in [4.69, 9.17) is 15.6 Å². The second kappa shape index (κ2) is 8.81. The first-order valence-corrected chi connectivity index (χ1v) is 10.0. The number of nitrogens with two attached hydrogens (primary N) is 1. The highest BCUT2D eigenvalue weighted by Gasteiger charge is 2.13. The van der Waals surface area contributed by atoms with E-state index in [-0.39, 0.29) is 5.95 Å². The maximum atomic E-state index is 5.88. The molecule has 0 unspecified atom stereocenters. The van der Waals surface area contributed by atoms with Crippen molar-refractivity contribution < 1.29 is 4.74 Å². The van der Waals surface area contributed by atoms with E-state index in [0.29, 0.717) is 12.4 Å². The van der Waals surface area contributed by atoms with Gasteiger partial charge in [0.05, 0.1) is 26.2 Å². The summed E-state index contributed by atoms with van der Waals surface area (Å²) < 4.78 is 9.50. The number of benzene rings is 1. The zero-order valence-electron chi connectivity index (χ0n) is 17.2. The summed E-state index contributed by atoms with van der Waals surface area (Å²) in [7, 11) is 1.68. The summed E-state index contributed by atoms with van der Waals surface area (Å²) in [6.45, 7) is 4.26. The smallest absolute Gasteiger partial charge is 0.222 e. The van der Waals surface area contributed by atoms with Crippen molar-refractivity contribution >= 4 is 22.8 Å². The van der Waals surface area contributed by atoms with Crippen LogP contribution in [-0.2, 0) is 13.1 Å². The highest BCUT2D eigenvalue weighted by molar-refractivity contribution is 5.85. The Morgan fingerprint density at radius 2 is 2.10 bits per heavy atom. The SMILES string of the molecule is CCCCNc1nc(N)nc2cn(Cc3ccc(Cn4ccnc4)cc3OC)nc12. The Hall–Kier alpha value is -3.62. The number of anilines is 2. The Bertz CT molecular complexity index is 1120. The molecule has 3 aromatic heterocycles. The highest BCUT2D eigenvalue weighted by atomic mass is 16.5. The number of hydrogen-bond donors (Lipinski definition) is 2. The van der Waals surface area contributed by atoms with E-state index < -0.39 is 0 Å². The molecular weight excluding hydrogens is 380 g/mol. The van der Waals surface area contributed by atoms with E-state index in [2.05, 4.69) is 39.3 Å². The molecule has 0 bridgehead atoms. The van der Waals surface area contributed by atoms with Crippen molar-refractivity contribution in [3.05, 3.63) is 54.2 Å². The molecule has 0 aliphatic rings. The second-order valence-corrected chi connectivity index (χ2v) is 7.15. The predicted molar refractivity (Wildman–Crippen MR) is 117 cm³/mol. The molecule has 1 aromatic carbocycles. The molecule has 9 heteroatoms. The zero-order valence-corrected chi connectivity index (χ0v) is 17.2. The van der Waals surface area contributed by atoms with E-state index >= 15 is 0 Å². The molecule has 0 radical (unpaired) electrons. The molecule has 0 fully saturated rings. The third-order valence-electron chi connectivity index (χ3n) is 4.86. The van der Waals surface area contributed by atoms with Gasteiger partial charge in [-0.2, -0.15) is 10.1 Å². The lowest BCUT2D eigenvalue weighted by atomic mass is 10.1. The Balaban J connectivity index is 1.58. The first-order valence-electron chi connectivity index (χ1n) is 10.0. The molecule has 30 heavy (non-hydrogen) atoms. The highest BCUT2D eigenvalue weighted by Crippen LogP contribution is 2.24. The number of imidazole rings is 1. The normalized spacial score (nSPS) is 11.1. The van der Waals surface area contributed by atoms with Crippen LogP contribution in [-0.4, -0.2) is 43.0 Å². The lowest BCUT2D eigenvalue weighted by molar-refractivity contribution is 0.406. The van der Waals surface area contributed by atoms with Gasteiger partial charge in [0.1, 0.15) is 11.3 Å². The van der Waals surface area contributed by atoms with Crippen LogP contribution in [0, 0.1) is 0 Å². The van der Waals surface area contributed by atoms with Gasteiger partial charge in [0.25, 0.3) is 0 Å². The molecule has 0 aliphatic heterocycles. The van der Waals surface area contributed by atoms with Gasteiger partial charge in [-0.15, -0.1) is 0 Å². The first kappa shape index (κ1) is 19.7. The van der Waals surface area contributed by atoms with Crippen LogP contribution in [0.4, 0.5) is 11.8 Å². The van der Waals surface area contributed by atoms with E-state index in [9.17, 15) is 0 Å². The first-order chi connectivity index (χ1) is 14.7. The van der Waals surface area contributed by atoms with Crippen LogP contribution >= 0.6 is 0 Å². The van der Waals surface area contributed by atoms with Crippen LogP contribution in [0.3, 0.4) is 0 Å². The molecular formula is C21H26N8O. The number of methoxy groups -OCH3 is 1. The summed E-state index contributed by atoms with van der Waals surface area (Å²) in [6.07, 6.45) is 9.55. The number of hydrogen-bond acceptors (Lipinski definition) is 7. The standard InChI is InChI=1S/C21H26N8O/c1-3-4-7-24-20-19-17(25-21(22)26-20)13-29(27-19)12-16-6-5-15(10-18(16)30-2)11-28-9-8-23-14-28/h5-6,8-10,13-14H,3-4,7,11-12H2,1-2H3,(H3,22,24,25,26). The minimum atomic E-state index is 0.238. The molecule has 9 nitrogen and oxygen atoms in total. The minimum Gasteiger partial charge on any atom is -0.496 e. The summed E-state index contributed by atoms with van der Waals surface area (Å²) >= 11 is 0. The molecule has 0 aliphatic carbocycles. The maximum absolute atomic E-state index is 5.88. The fourth-order valence-electron chi connectivity index (χ4n) is 3.35. The molecule has 156 valence electrons. The van der Waals surface area contributed by atoms with E-state index in [1.54, 1.807) is 19.6 Å². The van der Waals surface area contributed by atoms with Crippen LogP contribution in [0.15, 0.2) is 43.1 Å².